The molecule has 3 rings (SSSR count). The van der Waals surface area contributed by atoms with Gasteiger partial charge in [0.2, 0.25) is 5.95 Å². The van der Waals surface area contributed by atoms with E-state index in [-0.39, 0.29) is 6.04 Å². The van der Waals surface area contributed by atoms with Gasteiger partial charge in [0.1, 0.15) is 12.4 Å². The lowest BCUT2D eigenvalue weighted by atomic mass is 10.1. The largest absolute Gasteiger partial charge is 0.491 e. The molecule has 0 radical (unpaired) electrons. The number of benzene rings is 1. The van der Waals surface area contributed by atoms with Crippen LogP contribution in [0.3, 0.4) is 0 Å². The Morgan fingerprint density at radius 1 is 1.38 bits per heavy atom. The van der Waals surface area contributed by atoms with Gasteiger partial charge >= 0.3 is 5.97 Å². The SMILES string of the molecule is CCOC(=O)c1cnc(N[C@H]2COc3ccccc32)nc1. The molecule has 2 aromatic rings. The van der Waals surface area contributed by atoms with Crippen LogP contribution in [0.25, 0.3) is 0 Å². The van der Waals surface area contributed by atoms with Crippen LogP contribution in [0.15, 0.2) is 36.7 Å². The lowest BCUT2D eigenvalue weighted by molar-refractivity contribution is 0.0525. The van der Waals surface area contributed by atoms with Crippen molar-refractivity contribution in [1.82, 2.24) is 9.97 Å². The van der Waals surface area contributed by atoms with Gasteiger partial charge in [-0.25, -0.2) is 14.8 Å². The van der Waals surface area contributed by atoms with E-state index in [0.29, 0.717) is 24.7 Å². The summed E-state index contributed by atoms with van der Waals surface area (Å²) >= 11 is 0. The monoisotopic (exact) mass is 285 g/mol. The summed E-state index contributed by atoms with van der Waals surface area (Å²) in [5, 5.41) is 3.20. The number of hydrogen-bond acceptors (Lipinski definition) is 6. The molecular formula is C15H15N3O3. The molecule has 6 nitrogen and oxygen atoms in total. The van der Waals surface area contributed by atoms with Gasteiger partial charge in [0.05, 0.1) is 18.2 Å². The average Bonchev–Trinajstić information content (AvgIpc) is 2.92. The van der Waals surface area contributed by atoms with Gasteiger partial charge in [-0.15, -0.1) is 0 Å². The zero-order valence-corrected chi connectivity index (χ0v) is 11.6. The number of carbonyl (C=O) groups excluding carboxylic acids is 1. The number of fused-ring (bicyclic) bond motifs is 1. The van der Waals surface area contributed by atoms with Gasteiger partial charge in [-0.1, -0.05) is 18.2 Å². The van der Waals surface area contributed by atoms with Crippen molar-refractivity contribution < 1.29 is 14.3 Å². The van der Waals surface area contributed by atoms with Gasteiger partial charge in [0.25, 0.3) is 0 Å². The van der Waals surface area contributed by atoms with Gasteiger partial charge in [0, 0.05) is 18.0 Å². The van der Waals surface area contributed by atoms with Crippen LogP contribution in [0.5, 0.6) is 5.75 Å². The van der Waals surface area contributed by atoms with Crippen LogP contribution in [0.4, 0.5) is 5.95 Å². The van der Waals surface area contributed by atoms with Crippen molar-refractivity contribution in [2.45, 2.75) is 13.0 Å². The summed E-state index contributed by atoms with van der Waals surface area (Å²) in [7, 11) is 0. The Hall–Kier alpha value is -2.63. The summed E-state index contributed by atoms with van der Waals surface area (Å²) in [6, 6.07) is 7.85. The van der Waals surface area contributed by atoms with Gasteiger partial charge in [-0.3, -0.25) is 0 Å². The number of nitrogens with one attached hydrogen (secondary N) is 1. The Morgan fingerprint density at radius 2 is 2.14 bits per heavy atom. The van der Waals surface area contributed by atoms with Crippen molar-refractivity contribution in [3.05, 3.63) is 47.8 Å². The Labute approximate surface area is 122 Å². The lowest BCUT2D eigenvalue weighted by Crippen LogP contribution is -2.14. The van der Waals surface area contributed by atoms with E-state index in [1.165, 1.54) is 12.4 Å². The molecule has 0 spiro atoms. The van der Waals surface area contributed by atoms with E-state index >= 15 is 0 Å². The number of anilines is 1. The molecular weight excluding hydrogens is 270 g/mol. The van der Waals surface area contributed by atoms with Crippen molar-refractivity contribution >= 4 is 11.9 Å². The fourth-order valence-corrected chi connectivity index (χ4v) is 2.16. The third kappa shape index (κ3) is 2.79. The fraction of sp³-hybridized carbons (Fsp3) is 0.267. The number of hydrogen-bond donors (Lipinski definition) is 1. The smallest absolute Gasteiger partial charge is 0.341 e. The Morgan fingerprint density at radius 3 is 2.90 bits per heavy atom. The number of para-hydroxylation sites is 1. The van der Waals surface area contributed by atoms with Crippen LogP contribution in [0.1, 0.15) is 28.9 Å². The average molecular weight is 285 g/mol. The van der Waals surface area contributed by atoms with Crippen molar-refractivity contribution in [1.29, 1.82) is 0 Å². The Bertz CT molecular complexity index is 643. The summed E-state index contributed by atoms with van der Waals surface area (Å²) in [5.41, 5.74) is 1.42. The highest BCUT2D eigenvalue weighted by Crippen LogP contribution is 2.33. The molecule has 0 aliphatic carbocycles. The second kappa shape index (κ2) is 5.78. The van der Waals surface area contributed by atoms with Crippen molar-refractivity contribution in [2.75, 3.05) is 18.5 Å². The highest BCUT2D eigenvalue weighted by Gasteiger charge is 2.24. The molecule has 0 unspecified atom stereocenters. The zero-order chi connectivity index (χ0) is 14.7. The molecule has 108 valence electrons. The number of aromatic nitrogens is 2. The third-order valence-electron chi connectivity index (χ3n) is 3.17. The van der Waals surface area contributed by atoms with E-state index in [9.17, 15) is 4.79 Å². The van der Waals surface area contributed by atoms with E-state index in [1.807, 2.05) is 24.3 Å². The van der Waals surface area contributed by atoms with Gasteiger partial charge < -0.3 is 14.8 Å². The van der Waals surface area contributed by atoms with E-state index < -0.39 is 5.97 Å². The maximum atomic E-state index is 11.5. The van der Waals surface area contributed by atoms with E-state index in [0.717, 1.165) is 11.3 Å². The summed E-state index contributed by atoms with van der Waals surface area (Å²) < 4.78 is 10.5. The number of carbonyl (C=O) groups is 1. The number of ether oxygens (including phenoxy) is 2. The Balaban J connectivity index is 1.71. The highest BCUT2D eigenvalue weighted by molar-refractivity contribution is 5.88. The minimum absolute atomic E-state index is 0.00893. The molecule has 1 N–H and O–H groups in total. The first-order valence-electron chi connectivity index (χ1n) is 6.75. The molecule has 0 fully saturated rings. The minimum atomic E-state index is -0.418. The van der Waals surface area contributed by atoms with Gasteiger partial charge in [0.15, 0.2) is 0 Å². The molecule has 0 saturated heterocycles. The second-order valence-electron chi connectivity index (χ2n) is 4.56. The Kier molecular flexibility index (Phi) is 3.68. The standard InChI is InChI=1S/C15H15N3O3/c1-2-20-14(19)10-7-16-15(17-8-10)18-12-9-21-13-6-4-3-5-11(12)13/h3-8,12H,2,9H2,1H3,(H,16,17,18)/t12-/m0/s1. The highest BCUT2D eigenvalue weighted by atomic mass is 16.5. The summed E-state index contributed by atoms with van der Waals surface area (Å²) in [6.07, 6.45) is 2.91. The van der Waals surface area contributed by atoms with Crippen LogP contribution in [0.2, 0.25) is 0 Å². The van der Waals surface area contributed by atoms with Crippen molar-refractivity contribution in [3.63, 3.8) is 0 Å². The summed E-state index contributed by atoms with van der Waals surface area (Å²) in [6.45, 7) is 2.61. The molecule has 1 aliphatic rings. The van der Waals surface area contributed by atoms with Crippen LogP contribution in [0, 0.1) is 0 Å². The number of esters is 1. The first kappa shape index (κ1) is 13.4. The van der Waals surface area contributed by atoms with Crippen LogP contribution in [-0.2, 0) is 4.74 Å². The molecule has 0 amide bonds. The molecule has 1 aliphatic heterocycles. The topological polar surface area (TPSA) is 73.3 Å². The van der Waals surface area contributed by atoms with Gasteiger partial charge in [-0.2, -0.15) is 0 Å². The summed E-state index contributed by atoms with van der Waals surface area (Å²) in [4.78, 5) is 19.8. The molecule has 21 heavy (non-hydrogen) atoms. The summed E-state index contributed by atoms with van der Waals surface area (Å²) in [5.74, 6) is 0.907. The van der Waals surface area contributed by atoms with Crippen LogP contribution in [-0.4, -0.2) is 29.2 Å². The van der Waals surface area contributed by atoms with E-state index in [1.54, 1.807) is 6.92 Å². The predicted molar refractivity (Wildman–Crippen MR) is 76.3 cm³/mol. The second-order valence-corrected chi connectivity index (χ2v) is 4.56. The van der Waals surface area contributed by atoms with Crippen molar-refractivity contribution in [3.8, 4) is 5.75 Å². The van der Waals surface area contributed by atoms with Crippen LogP contribution < -0.4 is 10.1 Å². The van der Waals surface area contributed by atoms with Gasteiger partial charge in [-0.05, 0) is 13.0 Å². The molecule has 1 aromatic carbocycles. The normalized spacial score (nSPS) is 16.0. The molecule has 2 heterocycles. The van der Waals surface area contributed by atoms with E-state index in [4.69, 9.17) is 9.47 Å². The molecule has 0 saturated carbocycles. The quantitative estimate of drug-likeness (QED) is 0.868. The molecule has 1 atom stereocenters. The predicted octanol–water partition coefficient (Wildman–Crippen LogP) is 2.20. The molecule has 1 aromatic heterocycles. The first-order chi connectivity index (χ1) is 10.3. The molecule has 0 bridgehead atoms. The van der Waals surface area contributed by atoms with E-state index in [2.05, 4.69) is 15.3 Å². The maximum Gasteiger partial charge on any atom is 0.341 e. The number of rotatable bonds is 4. The maximum absolute atomic E-state index is 11.5. The first-order valence-corrected chi connectivity index (χ1v) is 6.75. The lowest BCUT2D eigenvalue weighted by Gasteiger charge is -2.11. The van der Waals surface area contributed by atoms with Crippen molar-refractivity contribution in [2.24, 2.45) is 0 Å². The van der Waals surface area contributed by atoms with Crippen LogP contribution >= 0.6 is 0 Å². The zero-order valence-electron chi connectivity index (χ0n) is 11.6. The fourth-order valence-electron chi connectivity index (χ4n) is 2.16. The third-order valence-corrected chi connectivity index (χ3v) is 3.17. The molecule has 6 heteroatoms. The minimum Gasteiger partial charge on any atom is -0.491 e. The number of nitrogens with zero attached hydrogens (tertiary/aromatic N) is 2.